The van der Waals surface area contributed by atoms with Gasteiger partial charge in [-0.15, -0.1) is 0 Å². The summed E-state index contributed by atoms with van der Waals surface area (Å²) in [5.41, 5.74) is 0.659. The first-order valence-electron chi connectivity index (χ1n) is 2.75. The van der Waals surface area contributed by atoms with Crippen molar-refractivity contribution in [3.05, 3.63) is 22.6 Å². The third kappa shape index (κ3) is 3.41. The van der Waals surface area contributed by atoms with Crippen molar-refractivity contribution in [1.29, 1.82) is 0 Å². The number of rotatable bonds is 2. The van der Waals surface area contributed by atoms with E-state index in [9.17, 15) is 4.39 Å². The zero-order valence-corrected chi connectivity index (χ0v) is 6.74. The molecule has 0 radical (unpaired) electrons. The van der Waals surface area contributed by atoms with Gasteiger partial charge < -0.3 is 0 Å². The molecule has 1 nitrogen and oxygen atoms in total. The summed E-state index contributed by atoms with van der Waals surface area (Å²) in [5, 5.41) is 0.554. The van der Waals surface area contributed by atoms with Crippen molar-refractivity contribution in [1.82, 2.24) is 0 Å². The molecule has 0 unspecified atom stereocenters. The summed E-state index contributed by atoms with van der Waals surface area (Å²) in [5.74, 6) is -0.613. The van der Waals surface area contributed by atoms with Gasteiger partial charge in [0.25, 0.3) is 0 Å². The lowest BCUT2D eigenvalue weighted by molar-refractivity contribution is 0.629. The van der Waals surface area contributed by atoms with Crippen molar-refractivity contribution >= 4 is 18.3 Å². The molecular formula is C7H9ClFN. The van der Waals surface area contributed by atoms with Crippen LogP contribution in [0, 0.1) is 0 Å². The Balaban J connectivity index is 4.42. The Morgan fingerprint density at radius 2 is 2.10 bits per heavy atom. The van der Waals surface area contributed by atoms with Gasteiger partial charge in [0.15, 0.2) is 0 Å². The summed E-state index contributed by atoms with van der Waals surface area (Å²) in [4.78, 5) is 3.06. The Hall–Kier alpha value is -0.630. The topological polar surface area (TPSA) is 12.4 Å². The van der Waals surface area contributed by atoms with Crippen molar-refractivity contribution < 1.29 is 4.39 Å². The fourth-order valence-corrected chi connectivity index (χ4v) is 0.378. The van der Waals surface area contributed by atoms with Gasteiger partial charge in [-0.25, -0.2) is 4.99 Å². The molecular weight excluding hydrogens is 153 g/mol. The lowest BCUT2D eigenvalue weighted by Gasteiger charge is -1.91. The lowest BCUT2D eigenvalue weighted by Crippen LogP contribution is -1.72. The van der Waals surface area contributed by atoms with E-state index in [1.54, 1.807) is 13.8 Å². The monoisotopic (exact) mass is 161 g/mol. The van der Waals surface area contributed by atoms with Gasteiger partial charge in [0.1, 0.15) is 0 Å². The van der Waals surface area contributed by atoms with Gasteiger partial charge in [-0.1, -0.05) is 11.6 Å². The van der Waals surface area contributed by atoms with Crippen molar-refractivity contribution in [3.8, 4) is 0 Å². The normalized spacial score (nSPS) is 14.6. The minimum Gasteiger partial charge on any atom is -0.236 e. The second-order valence-electron chi connectivity index (χ2n) is 1.84. The van der Waals surface area contributed by atoms with Crippen LogP contribution in [-0.4, -0.2) is 6.72 Å². The molecule has 0 aliphatic heterocycles. The van der Waals surface area contributed by atoms with Crippen LogP contribution < -0.4 is 0 Å². The highest BCUT2D eigenvalue weighted by atomic mass is 35.5. The van der Waals surface area contributed by atoms with Crippen LogP contribution in [0.4, 0.5) is 4.39 Å². The summed E-state index contributed by atoms with van der Waals surface area (Å²) in [6.07, 6.45) is 1.23. The van der Waals surface area contributed by atoms with Gasteiger partial charge in [-0.2, -0.15) is 4.39 Å². The van der Waals surface area contributed by atoms with Gasteiger partial charge in [0.2, 0.25) is 5.95 Å². The van der Waals surface area contributed by atoms with E-state index in [2.05, 4.69) is 11.7 Å². The van der Waals surface area contributed by atoms with E-state index in [1.807, 2.05) is 0 Å². The number of hydrogen-bond donors (Lipinski definition) is 0. The predicted octanol–water partition coefficient (Wildman–Crippen LogP) is 3.03. The molecule has 0 aliphatic carbocycles. The molecule has 0 aliphatic rings. The van der Waals surface area contributed by atoms with Gasteiger partial charge in [0, 0.05) is 5.03 Å². The van der Waals surface area contributed by atoms with Crippen molar-refractivity contribution in [2.45, 2.75) is 13.8 Å². The van der Waals surface area contributed by atoms with E-state index in [0.717, 1.165) is 0 Å². The Morgan fingerprint density at radius 1 is 1.60 bits per heavy atom. The third-order valence-electron chi connectivity index (χ3n) is 1.03. The Labute approximate surface area is 64.9 Å². The quantitative estimate of drug-likeness (QED) is 0.335. The van der Waals surface area contributed by atoms with Crippen molar-refractivity contribution in [3.63, 3.8) is 0 Å². The molecule has 0 atom stereocenters. The molecule has 0 spiro atoms. The van der Waals surface area contributed by atoms with Crippen LogP contribution in [0.5, 0.6) is 0 Å². The average Bonchev–Trinajstić information content (AvgIpc) is 1.87. The van der Waals surface area contributed by atoms with Gasteiger partial charge in [0.05, 0.1) is 0 Å². The highest BCUT2D eigenvalue weighted by Crippen LogP contribution is 2.11. The summed E-state index contributed by atoms with van der Waals surface area (Å²) in [6.45, 7) is 6.40. The van der Waals surface area contributed by atoms with Crippen LogP contribution >= 0.6 is 11.6 Å². The fourth-order valence-electron chi connectivity index (χ4n) is 0.324. The number of halogens is 2. The zero-order chi connectivity index (χ0) is 8.15. The van der Waals surface area contributed by atoms with Crippen LogP contribution in [-0.2, 0) is 0 Å². The molecule has 0 saturated heterocycles. The summed E-state index contributed by atoms with van der Waals surface area (Å²) in [7, 11) is 0. The predicted molar refractivity (Wildman–Crippen MR) is 43.0 cm³/mol. The molecule has 0 fully saturated rings. The van der Waals surface area contributed by atoms with Gasteiger partial charge >= 0.3 is 0 Å². The average molecular weight is 162 g/mol. The van der Waals surface area contributed by atoms with Crippen LogP contribution in [0.1, 0.15) is 13.8 Å². The van der Waals surface area contributed by atoms with E-state index in [-0.39, 0.29) is 0 Å². The standard InChI is InChI=1S/C7H9ClFN/c1-5(6(2)8)4-7(9)10-3/h4H,3H2,1-2H3/b6-5+,7-4-. The summed E-state index contributed by atoms with van der Waals surface area (Å²) in [6, 6.07) is 0. The van der Waals surface area contributed by atoms with E-state index in [1.165, 1.54) is 6.08 Å². The molecule has 0 rings (SSSR count). The molecule has 0 bridgehead atoms. The number of allylic oxidation sites excluding steroid dienone is 3. The van der Waals surface area contributed by atoms with Crippen LogP contribution in [0.15, 0.2) is 27.6 Å². The van der Waals surface area contributed by atoms with Gasteiger partial charge in [-0.3, -0.25) is 0 Å². The van der Waals surface area contributed by atoms with E-state index in [4.69, 9.17) is 11.6 Å². The maximum absolute atomic E-state index is 12.3. The third-order valence-corrected chi connectivity index (χ3v) is 1.33. The first kappa shape index (κ1) is 9.37. The highest BCUT2D eigenvalue weighted by molar-refractivity contribution is 6.29. The molecule has 0 aromatic rings. The second kappa shape index (κ2) is 4.23. The molecule has 10 heavy (non-hydrogen) atoms. The Bertz CT molecular complexity index is 190. The van der Waals surface area contributed by atoms with E-state index in [0.29, 0.717) is 10.6 Å². The van der Waals surface area contributed by atoms with E-state index >= 15 is 0 Å². The summed E-state index contributed by atoms with van der Waals surface area (Å²) < 4.78 is 12.3. The van der Waals surface area contributed by atoms with Crippen LogP contribution in [0.2, 0.25) is 0 Å². The molecule has 0 saturated carbocycles. The van der Waals surface area contributed by atoms with Crippen LogP contribution in [0.25, 0.3) is 0 Å². The SMILES string of the molecule is C=N/C(F)=C\C(C)=C(/C)Cl. The maximum atomic E-state index is 12.3. The van der Waals surface area contributed by atoms with Gasteiger partial charge in [-0.05, 0) is 32.2 Å². The molecule has 0 N–H and O–H groups in total. The smallest absolute Gasteiger partial charge is 0.212 e. The molecule has 0 aromatic heterocycles. The first-order chi connectivity index (χ1) is 4.57. The van der Waals surface area contributed by atoms with Crippen molar-refractivity contribution in [2.24, 2.45) is 4.99 Å². The highest BCUT2D eigenvalue weighted by Gasteiger charge is 1.91. The molecule has 56 valence electrons. The second-order valence-corrected chi connectivity index (χ2v) is 2.41. The lowest BCUT2D eigenvalue weighted by atomic mass is 10.3. The summed E-state index contributed by atoms with van der Waals surface area (Å²) >= 11 is 5.54. The first-order valence-corrected chi connectivity index (χ1v) is 3.12. The van der Waals surface area contributed by atoms with Crippen LogP contribution in [0.3, 0.4) is 0 Å². The number of nitrogens with zero attached hydrogens (tertiary/aromatic N) is 1. The number of hydrogen-bond acceptors (Lipinski definition) is 1. The molecule has 0 heterocycles. The largest absolute Gasteiger partial charge is 0.236 e. The minimum absolute atomic E-state index is 0.554. The van der Waals surface area contributed by atoms with Crippen molar-refractivity contribution in [2.75, 3.05) is 0 Å². The Morgan fingerprint density at radius 3 is 2.40 bits per heavy atom. The Kier molecular flexibility index (Phi) is 3.96. The number of aliphatic imine (C=N–C) groups is 1. The molecule has 3 heteroatoms. The van der Waals surface area contributed by atoms with E-state index < -0.39 is 5.95 Å². The minimum atomic E-state index is -0.613. The maximum Gasteiger partial charge on any atom is 0.212 e. The molecule has 0 amide bonds. The molecule has 0 aromatic carbocycles. The fraction of sp³-hybridized carbons (Fsp3) is 0.286. The zero-order valence-electron chi connectivity index (χ0n) is 5.99.